The molecule has 1 atom stereocenters. The Labute approximate surface area is 127 Å². The lowest BCUT2D eigenvalue weighted by molar-refractivity contribution is -0.158. The van der Waals surface area contributed by atoms with Crippen molar-refractivity contribution in [2.24, 2.45) is 17.3 Å². The van der Waals surface area contributed by atoms with E-state index >= 15 is 0 Å². The first kappa shape index (κ1) is 19.2. The van der Waals surface area contributed by atoms with E-state index in [1.165, 1.54) is 0 Å². The SMILES string of the molecule is C=C(C)C(=O)SCCOC(=O)C(C)(CC(C)C)C(C)C. The summed E-state index contributed by atoms with van der Waals surface area (Å²) in [6.45, 7) is 15.8. The third kappa shape index (κ3) is 6.12. The van der Waals surface area contributed by atoms with Gasteiger partial charge in [0.2, 0.25) is 5.12 Å². The van der Waals surface area contributed by atoms with Crippen molar-refractivity contribution in [1.29, 1.82) is 0 Å². The molecule has 0 aromatic carbocycles. The molecule has 0 rings (SSSR count). The molecular formula is C16H28O3S. The van der Waals surface area contributed by atoms with Crippen LogP contribution in [0.25, 0.3) is 0 Å². The van der Waals surface area contributed by atoms with Crippen LogP contribution in [0.4, 0.5) is 0 Å². The summed E-state index contributed by atoms with van der Waals surface area (Å²) in [6, 6.07) is 0. The standard InChI is InChI=1S/C16H28O3S/c1-11(2)10-16(7,13(5)6)15(18)19-8-9-20-14(17)12(3)4/h11,13H,3,8-10H2,1-2,4-7H3. The Morgan fingerprint density at radius 2 is 1.80 bits per heavy atom. The Morgan fingerprint density at radius 1 is 1.25 bits per heavy atom. The molecule has 0 aliphatic rings. The second kappa shape index (κ2) is 8.50. The van der Waals surface area contributed by atoms with Crippen LogP contribution in [-0.4, -0.2) is 23.4 Å². The van der Waals surface area contributed by atoms with Crippen LogP contribution in [0.15, 0.2) is 12.2 Å². The molecule has 0 aliphatic heterocycles. The van der Waals surface area contributed by atoms with E-state index in [4.69, 9.17) is 4.74 Å². The van der Waals surface area contributed by atoms with Crippen molar-refractivity contribution in [2.75, 3.05) is 12.4 Å². The van der Waals surface area contributed by atoms with Crippen LogP contribution in [-0.2, 0) is 14.3 Å². The first-order chi connectivity index (χ1) is 9.11. The highest BCUT2D eigenvalue weighted by molar-refractivity contribution is 8.14. The Bertz CT molecular complexity index is 361. The van der Waals surface area contributed by atoms with Crippen molar-refractivity contribution in [1.82, 2.24) is 0 Å². The molecule has 20 heavy (non-hydrogen) atoms. The van der Waals surface area contributed by atoms with Crippen molar-refractivity contribution in [2.45, 2.75) is 48.0 Å². The summed E-state index contributed by atoms with van der Waals surface area (Å²) in [5, 5.41) is -0.0464. The minimum atomic E-state index is -0.461. The van der Waals surface area contributed by atoms with E-state index in [1.807, 2.05) is 20.8 Å². The molecule has 116 valence electrons. The van der Waals surface area contributed by atoms with Gasteiger partial charge in [-0.15, -0.1) is 0 Å². The zero-order valence-electron chi connectivity index (χ0n) is 13.6. The van der Waals surface area contributed by atoms with Gasteiger partial charge >= 0.3 is 5.97 Å². The van der Waals surface area contributed by atoms with Gasteiger partial charge in [-0.25, -0.2) is 0 Å². The van der Waals surface area contributed by atoms with E-state index in [2.05, 4.69) is 20.4 Å². The molecule has 0 fully saturated rings. The van der Waals surface area contributed by atoms with Crippen LogP contribution in [0.5, 0.6) is 0 Å². The van der Waals surface area contributed by atoms with Gasteiger partial charge < -0.3 is 4.74 Å². The minimum Gasteiger partial charge on any atom is -0.464 e. The quantitative estimate of drug-likeness (QED) is 0.385. The number of thioether (sulfide) groups is 1. The molecule has 4 heteroatoms. The Balaban J connectivity index is 4.35. The van der Waals surface area contributed by atoms with Crippen molar-refractivity contribution in [3.05, 3.63) is 12.2 Å². The van der Waals surface area contributed by atoms with Gasteiger partial charge in [-0.2, -0.15) is 0 Å². The summed E-state index contributed by atoms with van der Waals surface area (Å²) in [5.41, 5.74) is 0.0603. The second-order valence-corrected chi connectivity index (χ2v) is 7.29. The number of carbonyl (C=O) groups is 2. The summed E-state index contributed by atoms with van der Waals surface area (Å²) in [4.78, 5) is 23.6. The highest BCUT2D eigenvalue weighted by Gasteiger charge is 2.38. The van der Waals surface area contributed by atoms with Gasteiger partial charge in [-0.05, 0) is 37.7 Å². The summed E-state index contributed by atoms with van der Waals surface area (Å²) >= 11 is 1.14. The lowest BCUT2D eigenvalue weighted by atomic mass is 9.73. The third-order valence-corrected chi connectivity index (χ3v) is 4.45. The zero-order valence-corrected chi connectivity index (χ0v) is 14.4. The summed E-state index contributed by atoms with van der Waals surface area (Å²) in [7, 11) is 0. The van der Waals surface area contributed by atoms with Crippen LogP contribution in [0.3, 0.4) is 0 Å². The predicted molar refractivity (Wildman–Crippen MR) is 85.6 cm³/mol. The molecule has 1 unspecified atom stereocenters. The van der Waals surface area contributed by atoms with Crippen molar-refractivity contribution < 1.29 is 14.3 Å². The Hall–Kier alpha value is -0.770. The molecule has 0 saturated carbocycles. The van der Waals surface area contributed by atoms with E-state index in [1.54, 1.807) is 6.92 Å². The van der Waals surface area contributed by atoms with Gasteiger partial charge in [0.1, 0.15) is 6.61 Å². The first-order valence-electron chi connectivity index (χ1n) is 7.11. The molecule has 0 aliphatic carbocycles. The molecule has 0 saturated heterocycles. The summed E-state index contributed by atoms with van der Waals surface area (Å²) in [6.07, 6.45) is 0.807. The molecule has 0 amide bonds. The average molecular weight is 300 g/mol. The maximum atomic E-state index is 12.3. The molecule has 3 nitrogen and oxygen atoms in total. The van der Waals surface area contributed by atoms with E-state index in [-0.39, 0.29) is 23.6 Å². The molecule has 0 radical (unpaired) electrons. The monoisotopic (exact) mass is 300 g/mol. The fraction of sp³-hybridized carbons (Fsp3) is 0.750. The number of hydrogen-bond acceptors (Lipinski definition) is 4. The normalized spacial score (nSPS) is 14.2. The zero-order chi connectivity index (χ0) is 15.9. The van der Waals surface area contributed by atoms with Gasteiger partial charge in [0, 0.05) is 5.75 Å². The Kier molecular flexibility index (Phi) is 8.17. The highest BCUT2D eigenvalue weighted by Crippen LogP contribution is 2.35. The lowest BCUT2D eigenvalue weighted by Crippen LogP contribution is -2.36. The second-order valence-electron chi connectivity index (χ2n) is 6.22. The van der Waals surface area contributed by atoms with Crippen molar-refractivity contribution >= 4 is 22.8 Å². The van der Waals surface area contributed by atoms with Crippen LogP contribution < -0.4 is 0 Å². The van der Waals surface area contributed by atoms with Gasteiger partial charge in [-0.3, -0.25) is 9.59 Å². The van der Waals surface area contributed by atoms with Crippen LogP contribution in [0.1, 0.15) is 48.0 Å². The van der Waals surface area contributed by atoms with Gasteiger partial charge in [0.25, 0.3) is 0 Å². The van der Waals surface area contributed by atoms with Gasteiger partial charge in [-0.1, -0.05) is 46.0 Å². The fourth-order valence-corrected chi connectivity index (χ4v) is 2.56. The maximum absolute atomic E-state index is 12.3. The maximum Gasteiger partial charge on any atom is 0.312 e. The van der Waals surface area contributed by atoms with E-state index in [0.29, 0.717) is 17.2 Å². The first-order valence-corrected chi connectivity index (χ1v) is 8.09. The number of hydrogen-bond donors (Lipinski definition) is 0. The van der Waals surface area contributed by atoms with Crippen LogP contribution >= 0.6 is 11.8 Å². The molecule has 0 aromatic heterocycles. The highest BCUT2D eigenvalue weighted by atomic mass is 32.2. The predicted octanol–water partition coefficient (Wildman–Crippen LogP) is 4.07. The number of carbonyl (C=O) groups excluding carboxylic acids is 2. The lowest BCUT2D eigenvalue weighted by Gasteiger charge is -2.32. The van der Waals surface area contributed by atoms with Crippen molar-refractivity contribution in [3.63, 3.8) is 0 Å². The summed E-state index contributed by atoms with van der Waals surface area (Å²) in [5.74, 6) is 0.980. The van der Waals surface area contributed by atoms with E-state index in [0.717, 1.165) is 18.2 Å². The molecule has 0 spiro atoms. The molecule has 0 bridgehead atoms. The number of ether oxygens (including phenoxy) is 1. The van der Waals surface area contributed by atoms with Gasteiger partial charge in [0.05, 0.1) is 5.41 Å². The molecule has 0 N–H and O–H groups in total. The smallest absolute Gasteiger partial charge is 0.312 e. The largest absolute Gasteiger partial charge is 0.464 e. The number of rotatable bonds is 8. The van der Waals surface area contributed by atoms with Gasteiger partial charge in [0.15, 0.2) is 0 Å². The minimum absolute atomic E-state index is 0.0464. The summed E-state index contributed by atoms with van der Waals surface area (Å²) < 4.78 is 5.36. The third-order valence-electron chi connectivity index (χ3n) is 3.47. The van der Waals surface area contributed by atoms with Crippen LogP contribution in [0, 0.1) is 17.3 Å². The topological polar surface area (TPSA) is 43.4 Å². The fourth-order valence-electron chi connectivity index (χ4n) is 1.96. The van der Waals surface area contributed by atoms with E-state index < -0.39 is 5.41 Å². The number of esters is 1. The Morgan fingerprint density at radius 3 is 2.20 bits per heavy atom. The van der Waals surface area contributed by atoms with E-state index in [9.17, 15) is 9.59 Å². The molecular weight excluding hydrogens is 272 g/mol. The van der Waals surface area contributed by atoms with Crippen molar-refractivity contribution in [3.8, 4) is 0 Å². The molecule has 0 aromatic rings. The van der Waals surface area contributed by atoms with Crippen LogP contribution in [0.2, 0.25) is 0 Å². The average Bonchev–Trinajstić information content (AvgIpc) is 2.32. The molecule has 0 heterocycles.